The summed E-state index contributed by atoms with van der Waals surface area (Å²) in [5.74, 6) is -1.00. The maximum atomic E-state index is 12.6. The molecule has 0 radical (unpaired) electrons. The first-order valence-corrected chi connectivity index (χ1v) is 21.0. The Morgan fingerprint density at radius 2 is 0.961 bits per heavy atom. The van der Waals surface area contributed by atoms with Crippen molar-refractivity contribution in [2.75, 3.05) is 13.2 Å². The van der Waals surface area contributed by atoms with Crippen LogP contribution < -0.4 is 0 Å². The van der Waals surface area contributed by atoms with Crippen molar-refractivity contribution in [3.05, 3.63) is 48.6 Å². The molecule has 1 aliphatic heterocycles. The highest BCUT2D eigenvalue weighted by Gasteiger charge is 2.62. The number of hydrogen-bond donors (Lipinski definition) is 0. The van der Waals surface area contributed by atoms with Crippen LogP contribution in [0.2, 0.25) is 0 Å². The minimum absolute atomic E-state index is 0.0945. The van der Waals surface area contributed by atoms with Gasteiger partial charge in [-0.3, -0.25) is 14.4 Å². The molecule has 1 aliphatic carbocycles. The lowest BCUT2D eigenvalue weighted by molar-refractivity contribution is -0.155. The molecule has 0 saturated heterocycles. The minimum Gasteiger partial charge on any atom is -0.465 e. The van der Waals surface area contributed by atoms with Gasteiger partial charge in [-0.25, -0.2) is 0 Å². The van der Waals surface area contributed by atoms with Crippen molar-refractivity contribution in [2.24, 2.45) is 11.3 Å². The lowest BCUT2D eigenvalue weighted by Gasteiger charge is -2.17. The smallest absolute Gasteiger partial charge is 0.312 e. The first kappa shape index (κ1) is 44.5. The van der Waals surface area contributed by atoms with Crippen molar-refractivity contribution in [3.8, 4) is 0 Å². The lowest BCUT2D eigenvalue weighted by atomic mass is 10.0. The Kier molecular flexibility index (Phi) is 26.1. The number of hydrogen-bond acceptors (Lipinski definition) is 6. The SMILES string of the molecule is CC(=O)OC1CCCCCCCC/C=C\C/C=C\CCCCCOC(=O)C2CC2(C)C(=O)OCCCCC/C=C\C/C=C\CCCCCCCC1. The van der Waals surface area contributed by atoms with E-state index in [1.54, 1.807) is 6.92 Å². The molecule has 1 fully saturated rings. The van der Waals surface area contributed by atoms with E-state index in [1.165, 1.54) is 64.2 Å². The Balaban J connectivity index is 1.67. The van der Waals surface area contributed by atoms with Gasteiger partial charge in [0.2, 0.25) is 0 Å². The molecule has 0 aromatic rings. The van der Waals surface area contributed by atoms with Crippen LogP contribution in [0.3, 0.4) is 0 Å². The summed E-state index contributed by atoms with van der Waals surface area (Å²) in [5.41, 5.74) is -0.712. The zero-order valence-corrected chi connectivity index (χ0v) is 32.7. The summed E-state index contributed by atoms with van der Waals surface area (Å²) in [6.07, 6.45) is 48.0. The molecule has 3 unspecified atom stereocenters. The zero-order chi connectivity index (χ0) is 36.7. The summed E-state index contributed by atoms with van der Waals surface area (Å²) in [5, 5.41) is 0. The second-order valence-corrected chi connectivity index (χ2v) is 15.2. The van der Waals surface area contributed by atoms with E-state index in [4.69, 9.17) is 14.2 Å². The Morgan fingerprint density at radius 3 is 1.41 bits per heavy atom. The third-order valence-corrected chi connectivity index (χ3v) is 10.3. The van der Waals surface area contributed by atoms with E-state index in [0.717, 1.165) is 103 Å². The number of esters is 3. The minimum atomic E-state index is -0.712. The zero-order valence-electron chi connectivity index (χ0n) is 32.7. The highest BCUT2D eigenvalue weighted by atomic mass is 16.5. The summed E-state index contributed by atoms with van der Waals surface area (Å²) in [7, 11) is 0. The van der Waals surface area contributed by atoms with Crippen LogP contribution in [0.15, 0.2) is 48.6 Å². The van der Waals surface area contributed by atoms with Gasteiger partial charge in [0, 0.05) is 6.92 Å². The van der Waals surface area contributed by atoms with E-state index >= 15 is 0 Å². The second kappa shape index (κ2) is 29.9. The monoisotopic (exact) mass is 711 g/mol. The molecule has 6 heteroatoms. The van der Waals surface area contributed by atoms with Crippen molar-refractivity contribution >= 4 is 17.9 Å². The molecular weight excluding hydrogens is 636 g/mol. The summed E-state index contributed by atoms with van der Waals surface area (Å²) in [4.78, 5) is 36.7. The first-order chi connectivity index (χ1) is 24.9. The number of carbonyl (C=O) groups excluding carboxylic acids is 3. The van der Waals surface area contributed by atoms with Gasteiger partial charge in [-0.1, -0.05) is 100.0 Å². The van der Waals surface area contributed by atoms with E-state index in [0.29, 0.717) is 19.6 Å². The molecule has 51 heavy (non-hydrogen) atoms. The van der Waals surface area contributed by atoms with Gasteiger partial charge in [0.25, 0.3) is 0 Å². The highest BCUT2D eigenvalue weighted by molar-refractivity contribution is 5.90. The predicted molar refractivity (Wildman–Crippen MR) is 210 cm³/mol. The normalized spacial score (nSPS) is 29.5. The fraction of sp³-hybridized carbons (Fsp3) is 0.756. The summed E-state index contributed by atoms with van der Waals surface area (Å²) < 4.78 is 16.7. The van der Waals surface area contributed by atoms with Crippen molar-refractivity contribution in [3.63, 3.8) is 0 Å². The molecular formula is C45H74O6. The van der Waals surface area contributed by atoms with Crippen LogP contribution in [0.1, 0.15) is 187 Å². The Morgan fingerprint density at radius 1 is 0.569 bits per heavy atom. The lowest BCUT2D eigenvalue weighted by Crippen LogP contribution is -2.22. The van der Waals surface area contributed by atoms with Gasteiger partial charge < -0.3 is 14.2 Å². The highest BCUT2D eigenvalue weighted by Crippen LogP contribution is 2.53. The van der Waals surface area contributed by atoms with Gasteiger partial charge in [0.05, 0.1) is 24.5 Å². The summed E-state index contributed by atoms with van der Waals surface area (Å²) >= 11 is 0. The van der Waals surface area contributed by atoms with Crippen LogP contribution in [-0.4, -0.2) is 37.2 Å². The van der Waals surface area contributed by atoms with Gasteiger partial charge in [-0.15, -0.1) is 0 Å². The van der Waals surface area contributed by atoms with E-state index in [9.17, 15) is 14.4 Å². The van der Waals surface area contributed by atoms with Crippen molar-refractivity contribution in [1.29, 1.82) is 0 Å². The van der Waals surface area contributed by atoms with Gasteiger partial charge in [0.15, 0.2) is 0 Å². The van der Waals surface area contributed by atoms with Gasteiger partial charge in [-0.2, -0.15) is 0 Å². The largest absolute Gasteiger partial charge is 0.465 e. The van der Waals surface area contributed by atoms with Crippen LogP contribution in [0.5, 0.6) is 0 Å². The molecule has 290 valence electrons. The molecule has 0 aromatic carbocycles. The summed E-state index contributed by atoms with van der Waals surface area (Å²) in [6.45, 7) is 4.22. The molecule has 6 nitrogen and oxygen atoms in total. The number of cyclic esters (lactones) is 2. The topological polar surface area (TPSA) is 78.9 Å². The molecule has 0 N–H and O–H groups in total. The molecule has 1 saturated carbocycles. The number of ether oxygens (including phenoxy) is 3. The number of carbonyl (C=O) groups is 3. The maximum Gasteiger partial charge on any atom is 0.312 e. The van der Waals surface area contributed by atoms with E-state index in [-0.39, 0.29) is 29.9 Å². The van der Waals surface area contributed by atoms with E-state index in [2.05, 4.69) is 48.6 Å². The average Bonchev–Trinajstić information content (AvgIpc) is 3.82. The number of rotatable bonds is 1. The van der Waals surface area contributed by atoms with Crippen LogP contribution in [0, 0.1) is 11.3 Å². The molecule has 0 amide bonds. The third kappa shape index (κ3) is 23.5. The fourth-order valence-electron chi connectivity index (χ4n) is 6.81. The van der Waals surface area contributed by atoms with Crippen molar-refractivity contribution in [1.82, 2.24) is 0 Å². The third-order valence-electron chi connectivity index (χ3n) is 10.3. The Bertz CT molecular complexity index is 1040. The van der Waals surface area contributed by atoms with Crippen LogP contribution >= 0.6 is 0 Å². The summed E-state index contributed by atoms with van der Waals surface area (Å²) in [6, 6.07) is 0. The molecule has 2 rings (SSSR count). The van der Waals surface area contributed by atoms with E-state index in [1.807, 2.05) is 6.92 Å². The predicted octanol–water partition coefficient (Wildman–Crippen LogP) is 12.4. The molecule has 0 bridgehead atoms. The average molecular weight is 711 g/mol. The molecule has 2 aliphatic rings. The number of fused-ring (bicyclic) bond motifs is 1. The molecule has 0 spiro atoms. The van der Waals surface area contributed by atoms with Crippen molar-refractivity contribution in [2.45, 2.75) is 193 Å². The van der Waals surface area contributed by atoms with Crippen LogP contribution in [0.4, 0.5) is 0 Å². The first-order valence-electron chi connectivity index (χ1n) is 21.0. The van der Waals surface area contributed by atoms with Crippen LogP contribution in [0.25, 0.3) is 0 Å². The van der Waals surface area contributed by atoms with Crippen molar-refractivity contribution < 1.29 is 28.6 Å². The van der Waals surface area contributed by atoms with Gasteiger partial charge >= 0.3 is 17.9 Å². The fourth-order valence-corrected chi connectivity index (χ4v) is 6.81. The Labute approximate surface area is 312 Å². The molecule has 1 heterocycles. The maximum absolute atomic E-state index is 12.6. The van der Waals surface area contributed by atoms with Gasteiger partial charge in [-0.05, 0) is 129 Å². The molecule has 3 atom stereocenters. The number of allylic oxidation sites excluding steroid dienone is 8. The Hall–Kier alpha value is -2.63. The van der Waals surface area contributed by atoms with Gasteiger partial charge in [0.1, 0.15) is 6.10 Å². The van der Waals surface area contributed by atoms with Crippen LogP contribution in [-0.2, 0) is 28.6 Å². The van der Waals surface area contributed by atoms with E-state index < -0.39 is 5.41 Å². The second-order valence-electron chi connectivity index (χ2n) is 15.2. The standard InChI is InChI=1S/C45H74O6/c1-40(46)51-41-35-31-27-23-19-15-11-7-3-5-9-13-17-21-25-29-33-37-49-43(47)42-39-45(42,2)44(48)50-38-34-30-26-22-18-14-10-6-4-8-12-16-20-24-28-32-36-41/h3-6,13-14,17-18,41-42H,7-12,15-16,19-39H2,1-2H3/b5-3-,6-4-,17-13-,18-14-. The quantitative estimate of drug-likeness (QED) is 0.153. The molecule has 0 aromatic heterocycles.